The first-order valence-corrected chi connectivity index (χ1v) is 9.30. The van der Waals surface area contributed by atoms with E-state index in [0.29, 0.717) is 11.8 Å². The second-order valence-corrected chi connectivity index (χ2v) is 8.06. The van der Waals surface area contributed by atoms with E-state index in [0.717, 1.165) is 41.5 Å². The lowest BCUT2D eigenvalue weighted by atomic mass is 10.1. The molecule has 0 amide bonds. The van der Waals surface area contributed by atoms with Gasteiger partial charge in [0.15, 0.2) is 0 Å². The van der Waals surface area contributed by atoms with Crippen molar-refractivity contribution in [1.29, 1.82) is 0 Å². The molecule has 132 valence electrons. The minimum atomic E-state index is -0.0139. The van der Waals surface area contributed by atoms with E-state index in [2.05, 4.69) is 37.6 Å². The van der Waals surface area contributed by atoms with Crippen LogP contribution in [0.3, 0.4) is 0 Å². The average Bonchev–Trinajstić information content (AvgIpc) is 2.86. The molecule has 5 heteroatoms. The number of hydrogen-bond acceptors (Lipinski definition) is 4. The van der Waals surface area contributed by atoms with Crippen LogP contribution in [-0.2, 0) is 6.54 Å². The molecule has 1 heterocycles. The number of H-pyrrole nitrogens is 1. The molecule has 0 fully saturated rings. The van der Waals surface area contributed by atoms with Gasteiger partial charge in [-0.2, -0.15) is 0 Å². The number of ether oxygens (including phenoxy) is 1. The molecule has 0 unspecified atom stereocenters. The van der Waals surface area contributed by atoms with Crippen LogP contribution in [0.4, 0.5) is 0 Å². The van der Waals surface area contributed by atoms with Crippen molar-refractivity contribution in [2.45, 2.75) is 34.2 Å². The van der Waals surface area contributed by atoms with Gasteiger partial charge >= 0.3 is 4.87 Å². The van der Waals surface area contributed by atoms with Gasteiger partial charge in [-0.3, -0.25) is 9.69 Å². The summed E-state index contributed by atoms with van der Waals surface area (Å²) in [4.78, 5) is 18.5. The SMILES string of the molecule is COc1ccccc1-c1[nH]c(=O)sc1CN(CC(C)C)CC(C)C. The molecule has 24 heavy (non-hydrogen) atoms. The van der Waals surface area contributed by atoms with Crippen molar-refractivity contribution >= 4 is 11.3 Å². The lowest BCUT2D eigenvalue weighted by Crippen LogP contribution is -2.30. The molecule has 0 saturated carbocycles. The highest BCUT2D eigenvalue weighted by molar-refractivity contribution is 7.09. The largest absolute Gasteiger partial charge is 0.496 e. The quantitative estimate of drug-likeness (QED) is 0.776. The molecule has 0 radical (unpaired) electrons. The van der Waals surface area contributed by atoms with Crippen LogP contribution >= 0.6 is 11.3 Å². The molecule has 0 atom stereocenters. The maximum atomic E-state index is 12.0. The van der Waals surface area contributed by atoms with E-state index in [9.17, 15) is 4.79 Å². The van der Waals surface area contributed by atoms with Crippen LogP contribution in [0.2, 0.25) is 0 Å². The van der Waals surface area contributed by atoms with Gasteiger partial charge in [0.25, 0.3) is 0 Å². The molecule has 0 saturated heterocycles. The van der Waals surface area contributed by atoms with E-state index in [-0.39, 0.29) is 4.87 Å². The Kier molecular flexibility index (Phi) is 6.63. The Hall–Kier alpha value is -1.59. The second kappa shape index (κ2) is 8.49. The van der Waals surface area contributed by atoms with Gasteiger partial charge in [0.2, 0.25) is 0 Å². The molecule has 0 aliphatic heterocycles. The molecule has 2 aromatic rings. The Morgan fingerprint density at radius 2 is 1.75 bits per heavy atom. The standard InChI is InChI=1S/C19H28N2O2S/c1-13(2)10-21(11-14(3)4)12-17-18(20-19(22)24-17)15-8-6-7-9-16(15)23-5/h6-9,13-14H,10-12H2,1-5H3,(H,20,22). The summed E-state index contributed by atoms with van der Waals surface area (Å²) in [5.41, 5.74) is 1.84. The molecule has 0 aliphatic carbocycles. The summed E-state index contributed by atoms with van der Waals surface area (Å²) in [6.07, 6.45) is 0. The number of benzene rings is 1. The highest BCUT2D eigenvalue weighted by Crippen LogP contribution is 2.32. The third kappa shape index (κ3) is 4.95. The van der Waals surface area contributed by atoms with Crippen molar-refractivity contribution in [2.75, 3.05) is 20.2 Å². The van der Waals surface area contributed by atoms with E-state index in [1.165, 1.54) is 11.3 Å². The van der Waals surface area contributed by atoms with Gasteiger partial charge in [-0.25, -0.2) is 0 Å². The highest BCUT2D eigenvalue weighted by Gasteiger charge is 2.18. The average molecular weight is 349 g/mol. The second-order valence-electron chi connectivity index (χ2n) is 6.99. The van der Waals surface area contributed by atoms with Crippen LogP contribution in [0.5, 0.6) is 5.75 Å². The predicted octanol–water partition coefficient (Wildman–Crippen LogP) is 4.23. The summed E-state index contributed by atoms with van der Waals surface area (Å²) in [5, 5.41) is 0. The van der Waals surface area contributed by atoms with Crippen molar-refractivity contribution in [1.82, 2.24) is 9.88 Å². The highest BCUT2D eigenvalue weighted by atomic mass is 32.1. The zero-order valence-corrected chi connectivity index (χ0v) is 16.1. The lowest BCUT2D eigenvalue weighted by Gasteiger charge is -2.26. The number of thiazole rings is 1. The molecule has 2 rings (SSSR count). The van der Waals surface area contributed by atoms with Crippen LogP contribution in [0, 0.1) is 11.8 Å². The fourth-order valence-electron chi connectivity index (χ4n) is 2.98. The van der Waals surface area contributed by atoms with Crippen LogP contribution in [0.25, 0.3) is 11.3 Å². The monoisotopic (exact) mass is 348 g/mol. The van der Waals surface area contributed by atoms with E-state index in [1.54, 1.807) is 7.11 Å². The summed E-state index contributed by atoms with van der Waals surface area (Å²) in [7, 11) is 1.66. The lowest BCUT2D eigenvalue weighted by molar-refractivity contribution is 0.213. The Labute approximate surface area is 148 Å². The first kappa shape index (κ1) is 18.7. The van der Waals surface area contributed by atoms with Gasteiger partial charge < -0.3 is 9.72 Å². The van der Waals surface area contributed by atoms with Gasteiger partial charge in [0, 0.05) is 30.1 Å². The molecule has 1 aromatic heterocycles. The summed E-state index contributed by atoms with van der Waals surface area (Å²) in [5.74, 6) is 1.97. The van der Waals surface area contributed by atoms with Gasteiger partial charge in [-0.15, -0.1) is 0 Å². The van der Waals surface area contributed by atoms with Gasteiger partial charge in [0.05, 0.1) is 12.8 Å². The first-order valence-electron chi connectivity index (χ1n) is 8.48. The molecule has 0 aliphatic rings. The topological polar surface area (TPSA) is 45.3 Å². The molecule has 0 spiro atoms. The summed E-state index contributed by atoms with van der Waals surface area (Å²) in [6, 6.07) is 7.83. The number of nitrogens with one attached hydrogen (secondary N) is 1. The van der Waals surface area contributed by atoms with Gasteiger partial charge in [-0.1, -0.05) is 51.2 Å². The molecular formula is C19H28N2O2S. The van der Waals surface area contributed by atoms with Gasteiger partial charge in [-0.05, 0) is 24.0 Å². The summed E-state index contributed by atoms with van der Waals surface area (Å²) in [6.45, 7) is 11.8. The molecule has 0 bridgehead atoms. The van der Waals surface area contributed by atoms with E-state index in [1.807, 2.05) is 24.3 Å². The minimum Gasteiger partial charge on any atom is -0.496 e. The predicted molar refractivity (Wildman–Crippen MR) is 102 cm³/mol. The Balaban J connectivity index is 2.35. The fourth-order valence-corrected chi connectivity index (χ4v) is 3.87. The van der Waals surface area contributed by atoms with Crippen LogP contribution in [0.1, 0.15) is 32.6 Å². The van der Waals surface area contributed by atoms with Crippen LogP contribution < -0.4 is 9.61 Å². The zero-order valence-electron chi connectivity index (χ0n) is 15.3. The van der Waals surface area contributed by atoms with Crippen molar-refractivity contribution in [3.8, 4) is 17.0 Å². The number of rotatable bonds is 8. The minimum absolute atomic E-state index is 0.0139. The zero-order chi connectivity index (χ0) is 17.7. The fraction of sp³-hybridized carbons (Fsp3) is 0.526. The summed E-state index contributed by atoms with van der Waals surface area (Å²) >= 11 is 1.30. The Morgan fingerprint density at radius 3 is 2.33 bits per heavy atom. The molecule has 1 N–H and O–H groups in total. The van der Waals surface area contributed by atoms with E-state index < -0.39 is 0 Å². The van der Waals surface area contributed by atoms with Gasteiger partial charge in [0.1, 0.15) is 5.75 Å². The summed E-state index contributed by atoms with van der Waals surface area (Å²) < 4.78 is 5.47. The maximum Gasteiger partial charge on any atom is 0.305 e. The number of hydrogen-bond donors (Lipinski definition) is 1. The first-order chi connectivity index (χ1) is 11.4. The number of aromatic amines is 1. The third-order valence-corrected chi connectivity index (χ3v) is 4.58. The third-order valence-electron chi connectivity index (χ3n) is 3.71. The van der Waals surface area contributed by atoms with Crippen LogP contribution in [0.15, 0.2) is 29.1 Å². The number of para-hydroxylation sites is 1. The Morgan fingerprint density at radius 1 is 1.12 bits per heavy atom. The molecular weight excluding hydrogens is 320 g/mol. The normalized spacial score (nSPS) is 11.7. The molecule has 1 aromatic carbocycles. The number of aromatic nitrogens is 1. The maximum absolute atomic E-state index is 12.0. The van der Waals surface area contributed by atoms with Crippen molar-refractivity contribution < 1.29 is 4.74 Å². The van der Waals surface area contributed by atoms with Crippen molar-refractivity contribution in [2.24, 2.45) is 11.8 Å². The van der Waals surface area contributed by atoms with E-state index >= 15 is 0 Å². The molecule has 4 nitrogen and oxygen atoms in total. The number of nitrogens with zero attached hydrogens (tertiary/aromatic N) is 1. The van der Waals surface area contributed by atoms with Crippen LogP contribution in [-0.4, -0.2) is 30.1 Å². The van der Waals surface area contributed by atoms with Crippen molar-refractivity contribution in [3.05, 3.63) is 38.8 Å². The van der Waals surface area contributed by atoms with E-state index in [4.69, 9.17) is 4.74 Å². The van der Waals surface area contributed by atoms with Crippen molar-refractivity contribution in [3.63, 3.8) is 0 Å². The smallest absolute Gasteiger partial charge is 0.305 e. The Bertz CT molecular complexity index is 693. The number of methoxy groups -OCH3 is 1.